The third-order valence-corrected chi connectivity index (χ3v) is 6.00. The van der Waals surface area contributed by atoms with Crippen LogP contribution in [-0.4, -0.2) is 20.4 Å². The molecule has 0 aliphatic rings. The van der Waals surface area contributed by atoms with Crippen LogP contribution < -0.4 is 14.8 Å². The lowest BCUT2D eigenvalue weighted by molar-refractivity contribution is 0.102. The van der Waals surface area contributed by atoms with Gasteiger partial charge in [0.2, 0.25) is 0 Å². The van der Waals surface area contributed by atoms with Crippen molar-refractivity contribution in [2.24, 2.45) is 0 Å². The summed E-state index contributed by atoms with van der Waals surface area (Å²) in [5, 5.41) is 2.78. The van der Waals surface area contributed by atoms with Gasteiger partial charge in [-0.1, -0.05) is 30.3 Å². The molecule has 0 saturated heterocycles. The maximum Gasteiger partial charge on any atom is 0.261 e. The maximum atomic E-state index is 12.8. The number of nitrogens with one attached hydrogen (secondary N) is 2. The van der Waals surface area contributed by atoms with E-state index in [1.807, 2.05) is 45.9 Å². The molecule has 0 aromatic heterocycles. The van der Waals surface area contributed by atoms with Crippen molar-refractivity contribution in [3.8, 4) is 5.75 Å². The minimum absolute atomic E-state index is 0.0668. The monoisotopic (exact) mass is 438 g/mol. The summed E-state index contributed by atoms with van der Waals surface area (Å²) in [7, 11) is -3.76. The third kappa shape index (κ3) is 5.44. The Morgan fingerprint density at radius 3 is 2.10 bits per heavy atom. The van der Waals surface area contributed by atoms with E-state index in [0.717, 1.165) is 11.1 Å². The molecule has 0 unspecified atom stereocenters. The third-order valence-electron chi connectivity index (χ3n) is 4.63. The summed E-state index contributed by atoms with van der Waals surface area (Å²) in [6.45, 7) is 7.48. The van der Waals surface area contributed by atoms with Crippen LogP contribution in [0.5, 0.6) is 5.75 Å². The number of hydrogen-bond acceptors (Lipinski definition) is 4. The number of ether oxygens (including phenoxy) is 1. The molecule has 3 rings (SSSR count). The van der Waals surface area contributed by atoms with Gasteiger partial charge in [0.25, 0.3) is 15.9 Å². The van der Waals surface area contributed by atoms with Crippen molar-refractivity contribution < 1.29 is 17.9 Å². The van der Waals surface area contributed by atoms with E-state index < -0.39 is 10.0 Å². The molecular formula is C24H26N2O4S. The maximum absolute atomic E-state index is 12.8. The predicted octanol–water partition coefficient (Wildman–Crippen LogP) is 5.14. The first kappa shape index (κ1) is 22.4. The Hall–Kier alpha value is -3.32. The smallest absolute Gasteiger partial charge is 0.261 e. The summed E-state index contributed by atoms with van der Waals surface area (Å²) in [4.78, 5) is 12.8. The number of para-hydroxylation sites is 2. The Morgan fingerprint density at radius 2 is 1.48 bits per heavy atom. The second-order valence-corrected chi connectivity index (χ2v) is 9.20. The van der Waals surface area contributed by atoms with E-state index >= 15 is 0 Å². The zero-order valence-corrected chi connectivity index (χ0v) is 18.8. The molecule has 0 aliphatic heterocycles. The molecule has 3 aromatic rings. The van der Waals surface area contributed by atoms with Gasteiger partial charge in [0, 0.05) is 5.69 Å². The number of aryl methyl sites for hydroxylation is 2. The largest absolute Gasteiger partial charge is 0.490 e. The Balaban J connectivity index is 1.77. The average molecular weight is 439 g/mol. The highest BCUT2D eigenvalue weighted by molar-refractivity contribution is 7.92. The zero-order valence-electron chi connectivity index (χ0n) is 18.0. The molecule has 0 saturated carbocycles. The molecule has 0 spiro atoms. The van der Waals surface area contributed by atoms with Crippen LogP contribution in [0.25, 0.3) is 0 Å². The van der Waals surface area contributed by atoms with Gasteiger partial charge in [-0.25, -0.2) is 8.42 Å². The highest BCUT2D eigenvalue weighted by Crippen LogP contribution is 2.25. The van der Waals surface area contributed by atoms with Gasteiger partial charge in [-0.2, -0.15) is 0 Å². The highest BCUT2D eigenvalue weighted by Gasteiger charge is 2.17. The molecule has 0 aliphatic carbocycles. The molecule has 6 nitrogen and oxygen atoms in total. The quantitative estimate of drug-likeness (QED) is 0.535. The molecule has 0 bridgehead atoms. The molecule has 7 heteroatoms. The van der Waals surface area contributed by atoms with Gasteiger partial charge >= 0.3 is 0 Å². The first-order chi connectivity index (χ1) is 14.7. The van der Waals surface area contributed by atoms with Gasteiger partial charge in [-0.15, -0.1) is 0 Å². The Labute approximate surface area is 183 Å². The summed E-state index contributed by atoms with van der Waals surface area (Å²) in [5.74, 6) is 0.160. The van der Waals surface area contributed by atoms with Crippen molar-refractivity contribution >= 4 is 27.3 Å². The van der Waals surface area contributed by atoms with Crippen molar-refractivity contribution in [1.29, 1.82) is 0 Å². The fraction of sp³-hybridized carbons (Fsp3) is 0.208. The molecule has 0 atom stereocenters. The van der Waals surface area contributed by atoms with Crippen molar-refractivity contribution in [3.05, 3.63) is 83.4 Å². The predicted molar refractivity (Wildman–Crippen MR) is 123 cm³/mol. The molecule has 3 aromatic carbocycles. The van der Waals surface area contributed by atoms with Crippen molar-refractivity contribution in [3.63, 3.8) is 0 Å². The average Bonchev–Trinajstić information content (AvgIpc) is 2.71. The van der Waals surface area contributed by atoms with Crippen LogP contribution in [0.3, 0.4) is 0 Å². The molecule has 31 heavy (non-hydrogen) atoms. The van der Waals surface area contributed by atoms with Crippen LogP contribution in [-0.2, 0) is 10.0 Å². The summed E-state index contributed by atoms with van der Waals surface area (Å²) in [5.41, 5.74) is 3.14. The number of hydrogen-bond donors (Lipinski definition) is 2. The number of carbonyl (C=O) groups excluding carboxylic acids is 1. The SMILES string of the molecule is Cc1cccc(C)c1NS(=O)(=O)c1ccc(NC(=O)c2ccccc2OC(C)C)cc1. The standard InChI is InChI=1S/C24H26N2O4S/c1-16(2)30-22-11-6-5-10-21(22)24(27)25-19-12-14-20(15-13-19)31(28,29)26-23-17(3)8-7-9-18(23)4/h5-16,26H,1-4H3,(H,25,27). The topological polar surface area (TPSA) is 84.5 Å². The summed E-state index contributed by atoms with van der Waals surface area (Å²) in [6.07, 6.45) is -0.0668. The van der Waals surface area contributed by atoms with E-state index in [1.54, 1.807) is 36.4 Å². The van der Waals surface area contributed by atoms with Crippen LogP contribution in [0.1, 0.15) is 35.3 Å². The number of sulfonamides is 1. The van der Waals surface area contributed by atoms with Crippen molar-refractivity contribution in [2.75, 3.05) is 10.0 Å². The van der Waals surface area contributed by atoms with E-state index in [-0.39, 0.29) is 16.9 Å². The molecule has 0 heterocycles. The van der Waals surface area contributed by atoms with Crippen molar-refractivity contribution in [1.82, 2.24) is 0 Å². The number of carbonyl (C=O) groups is 1. The normalized spacial score (nSPS) is 11.3. The lowest BCUT2D eigenvalue weighted by atomic mass is 10.1. The number of benzene rings is 3. The molecule has 1 amide bonds. The van der Waals surface area contributed by atoms with E-state index in [1.165, 1.54) is 12.1 Å². The van der Waals surface area contributed by atoms with Gasteiger partial charge in [-0.05, 0) is 75.2 Å². The van der Waals surface area contributed by atoms with E-state index in [2.05, 4.69) is 10.0 Å². The van der Waals surface area contributed by atoms with Crippen LogP contribution >= 0.6 is 0 Å². The van der Waals surface area contributed by atoms with E-state index in [4.69, 9.17) is 4.74 Å². The minimum atomic E-state index is -3.76. The molecule has 162 valence electrons. The fourth-order valence-electron chi connectivity index (χ4n) is 3.10. The summed E-state index contributed by atoms with van der Waals surface area (Å²) >= 11 is 0. The zero-order chi connectivity index (χ0) is 22.6. The minimum Gasteiger partial charge on any atom is -0.490 e. The van der Waals surface area contributed by atoms with Gasteiger partial charge in [0.05, 0.1) is 22.3 Å². The lowest BCUT2D eigenvalue weighted by Gasteiger charge is -2.15. The van der Waals surface area contributed by atoms with Gasteiger partial charge in [-0.3, -0.25) is 9.52 Å². The second-order valence-electron chi connectivity index (χ2n) is 7.51. The molecular weight excluding hydrogens is 412 g/mol. The summed E-state index contributed by atoms with van der Waals surface area (Å²) < 4.78 is 33.9. The number of anilines is 2. The van der Waals surface area contributed by atoms with Gasteiger partial charge in [0.1, 0.15) is 5.75 Å². The number of rotatable bonds is 7. The lowest BCUT2D eigenvalue weighted by Crippen LogP contribution is -2.16. The summed E-state index contributed by atoms with van der Waals surface area (Å²) in [6, 6.07) is 18.6. The van der Waals surface area contributed by atoms with Crippen LogP contribution in [0.15, 0.2) is 71.6 Å². The van der Waals surface area contributed by atoms with Crippen molar-refractivity contribution in [2.45, 2.75) is 38.7 Å². The number of amides is 1. The van der Waals surface area contributed by atoms with E-state index in [9.17, 15) is 13.2 Å². The Morgan fingerprint density at radius 1 is 0.871 bits per heavy atom. The Bertz CT molecular complexity index is 1170. The highest BCUT2D eigenvalue weighted by atomic mass is 32.2. The van der Waals surface area contributed by atoms with Crippen LogP contribution in [0.2, 0.25) is 0 Å². The first-order valence-corrected chi connectivity index (χ1v) is 11.4. The van der Waals surface area contributed by atoms with Gasteiger partial charge < -0.3 is 10.1 Å². The second kappa shape index (κ2) is 9.22. The van der Waals surface area contributed by atoms with Crippen LogP contribution in [0.4, 0.5) is 11.4 Å². The molecule has 2 N–H and O–H groups in total. The molecule has 0 radical (unpaired) electrons. The molecule has 0 fully saturated rings. The van der Waals surface area contributed by atoms with Crippen LogP contribution in [0, 0.1) is 13.8 Å². The first-order valence-electron chi connectivity index (χ1n) is 9.93. The van der Waals surface area contributed by atoms with E-state index in [0.29, 0.717) is 22.7 Å². The van der Waals surface area contributed by atoms with Gasteiger partial charge in [0.15, 0.2) is 0 Å². The Kier molecular flexibility index (Phi) is 6.65. The fourth-order valence-corrected chi connectivity index (χ4v) is 4.30.